The van der Waals surface area contributed by atoms with E-state index >= 15 is 0 Å². The molecule has 0 saturated heterocycles. The van der Waals surface area contributed by atoms with Gasteiger partial charge in [0.15, 0.2) is 0 Å². The zero-order valence-corrected chi connectivity index (χ0v) is 12.7. The molecule has 3 N–H and O–H groups in total. The zero-order chi connectivity index (χ0) is 16.2. The molecule has 0 aliphatic heterocycles. The number of aromatic hydroxyl groups is 1. The van der Waals surface area contributed by atoms with Crippen molar-refractivity contribution in [1.29, 1.82) is 0 Å². The van der Waals surface area contributed by atoms with Crippen molar-refractivity contribution in [2.75, 3.05) is 19.7 Å². The number of aliphatic hydroxyl groups excluding tert-OH is 1. The van der Waals surface area contributed by atoms with Crippen LogP contribution in [0.3, 0.4) is 0 Å². The molecular weight excluding hydrogens is 298 g/mol. The predicted molar refractivity (Wildman–Crippen MR) is 75.9 cm³/mol. The minimum absolute atomic E-state index is 0.0705. The number of nitrogens with zero attached hydrogens (tertiary/aromatic N) is 1. The van der Waals surface area contributed by atoms with E-state index < -0.39 is 27.3 Å². The van der Waals surface area contributed by atoms with E-state index in [9.17, 15) is 18.3 Å². The van der Waals surface area contributed by atoms with E-state index in [1.54, 1.807) is 6.92 Å². The smallest absolute Gasteiger partial charge is 0.339 e. The summed E-state index contributed by atoms with van der Waals surface area (Å²) in [5.41, 5.74) is -0.226. The van der Waals surface area contributed by atoms with Crippen LogP contribution in [-0.2, 0) is 10.0 Å². The van der Waals surface area contributed by atoms with E-state index in [0.29, 0.717) is 6.42 Å². The van der Waals surface area contributed by atoms with Crippen LogP contribution in [0.5, 0.6) is 5.75 Å². The molecule has 1 aromatic carbocycles. The number of carboxylic acids is 1. The van der Waals surface area contributed by atoms with Gasteiger partial charge in [-0.2, -0.15) is 4.31 Å². The molecule has 0 saturated carbocycles. The lowest BCUT2D eigenvalue weighted by molar-refractivity contribution is 0.0693. The van der Waals surface area contributed by atoms with Gasteiger partial charge in [-0.25, -0.2) is 13.2 Å². The summed E-state index contributed by atoms with van der Waals surface area (Å²) in [7, 11) is -3.93. The maximum atomic E-state index is 12.6. The lowest BCUT2D eigenvalue weighted by atomic mass is 10.1. The molecule has 0 heterocycles. The molecule has 0 aromatic heterocycles. The number of sulfonamides is 1. The Morgan fingerprint density at radius 2 is 1.90 bits per heavy atom. The third-order valence-electron chi connectivity index (χ3n) is 2.96. The maximum Gasteiger partial charge on any atom is 0.339 e. The Bertz CT molecular complexity index is 620. The number of carbonyl (C=O) groups is 1. The van der Waals surface area contributed by atoms with Gasteiger partial charge in [-0.3, -0.25) is 0 Å². The highest BCUT2D eigenvalue weighted by Gasteiger charge is 2.27. The number of carboxylic acid groups (broad SMARTS) is 1. The molecule has 1 rings (SSSR count). The van der Waals surface area contributed by atoms with Crippen LogP contribution in [0.15, 0.2) is 17.0 Å². The summed E-state index contributed by atoms with van der Waals surface area (Å²) < 4.78 is 26.2. The predicted octanol–water partition coefficient (Wildman–Crippen LogP) is 0.792. The largest absolute Gasteiger partial charge is 0.507 e. The first-order valence-electron chi connectivity index (χ1n) is 6.43. The lowest BCUT2D eigenvalue weighted by Gasteiger charge is -2.22. The highest BCUT2D eigenvalue weighted by molar-refractivity contribution is 7.89. The Kier molecular flexibility index (Phi) is 5.70. The van der Waals surface area contributed by atoms with Crippen LogP contribution >= 0.6 is 0 Å². The average molecular weight is 317 g/mol. The number of hydrogen-bond acceptors (Lipinski definition) is 5. The second kappa shape index (κ2) is 6.88. The highest BCUT2D eigenvalue weighted by atomic mass is 32.2. The Morgan fingerprint density at radius 1 is 1.29 bits per heavy atom. The summed E-state index contributed by atoms with van der Waals surface area (Å²) in [6.45, 7) is 3.08. The molecule has 8 heteroatoms. The SMILES string of the molecule is CCCN(CCO)S(=O)(=O)c1cc(C(=O)O)c(O)cc1C. The van der Waals surface area contributed by atoms with Crippen molar-refractivity contribution in [2.24, 2.45) is 0 Å². The van der Waals surface area contributed by atoms with Crippen molar-refractivity contribution >= 4 is 16.0 Å². The Labute approximate surface area is 123 Å². The first-order valence-corrected chi connectivity index (χ1v) is 7.87. The van der Waals surface area contributed by atoms with Crippen LogP contribution in [-0.4, -0.2) is 53.7 Å². The topological polar surface area (TPSA) is 115 Å². The van der Waals surface area contributed by atoms with Crippen LogP contribution in [0.4, 0.5) is 0 Å². The minimum Gasteiger partial charge on any atom is -0.507 e. The van der Waals surface area contributed by atoms with Crippen molar-refractivity contribution in [3.05, 3.63) is 23.3 Å². The van der Waals surface area contributed by atoms with Crippen LogP contribution in [0.25, 0.3) is 0 Å². The number of benzene rings is 1. The molecule has 0 aliphatic rings. The Hall–Kier alpha value is -1.64. The van der Waals surface area contributed by atoms with Gasteiger partial charge in [0, 0.05) is 13.1 Å². The van der Waals surface area contributed by atoms with Crippen LogP contribution in [0.1, 0.15) is 29.3 Å². The maximum absolute atomic E-state index is 12.6. The quantitative estimate of drug-likeness (QED) is 0.685. The van der Waals surface area contributed by atoms with Gasteiger partial charge in [-0.15, -0.1) is 0 Å². The Balaban J connectivity index is 3.42. The molecule has 0 aliphatic carbocycles. The number of hydrogen-bond donors (Lipinski definition) is 3. The molecule has 118 valence electrons. The van der Waals surface area contributed by atoms with Gasteiger partial charge in [0.1, 0.15) is 11.3 Å². The molecular formula is C13H19NO6S. The molecule has 0 bridgehead atoms. The molecule has 1 aromatic rings. The van der Waals surface area contributed by atoms with Gasteiger partial charge in [0.2, 0.25) is 10.0 Å². The normalized spacial score (nSPS) is 11.8. The number of rotatable bonds is 7. The van der Waals surface area contributed by atoms with Crippen molar-refractivity contribution < 1.29 is 28.5 Å². The second-order valence-corrected chi connectivity index (χ2v) is 6.47. The molecule has 0 atom stereocenters. The van der Waals surface area contributed by atoms with Crippen molar-refractivity contribution in [3.63, 3.8) is 0 Å². The van der Waals surface area contributed by atoms with E-state index in [4.69, 9.17) is 10.2 Å². The molecule has 0 spiro atoms. The monoisotopic (exact) mass is 317 g/mol. The van der Waals surface area contributed by atoms with E-state index in [2.05, 4.69) is 0 Å². The van der Waals surface area contributed by atoms with Crippen molar-refractivity contribution in [3.8, 4) is 5.75 Å². The van der Waals surface area contributed by atoms with E-state index in [1.165, 1.54) is 6.92 Å². The number of aryl methyl sites for hydroxylation is 1. The summed E-state index contributed by atoms with van der Waals surface area (Å²) >= 11 is 0. The number of aromatic carboxylic acids is 1. The van der Waals surface area contributed by atoms with Crippen LogP contribution in [0.2, 0.25) is 0 Å². The molecule has 0 fully saturated rings. The standard InChI is InChI=1S/C13H19NO6S/c1-3-4-14(5-6-15)21(19,20)12-8-10(13(17)18)11(16)7-9(12)2/h7-8,15-16H,3-6H2,1-2H3,(H,17,18). The molecule has 7 nitrogen and oxygen atoms in total. The third-order valence-corrected chi connectivity index (χ3v) is 5.00. The van der Waals surface area contributed by atoms with E-state index in [0.717, 1.165) is 16.4 Å². The van der Waals surface area contributed by atoms with Crippen LogP contribution < -0.4 is 0 Å². The summed E-state index contributed by atoms with van der Waals surface area (Å²) in [5.74, 6) is -1.89. The summed E-state index contributed by atoms with van der Waals surface area (Å²) in [6.07, 6.45) is 0.558. The average Bonchev–Trinajstić information content (AvgIpc) is 2.37. The summed E-state index contributed by atoms with van der Waals surface area (Å²) in [4.78, 5) is 10.8. The Morgan fingerprint density at radius 3 is 2.38 bits per heavy atom. The fraction of sp³-hybridized carbons (Fsp3) is 0.462. The number of aliphatic hydroxyl groups is 1. The molecule has 0 unspecified atom stereocenters. The van der Waals surface area contributed by atoms with Gasteiger partial charge in [-0.05, 0) is 31.0 Å². The minimum atomic E-state index is -3.93. The molecule has 21 heavy (non-hydrogen) atoms. The number of phenols is 1. The van der Waals surface area contributed by atoms with Gasteiger partial charge in [0.25, 0.3) is 0 Å². The fourth-order valence-corrected chi connectivity index (χ4v) is 3.73. The zero-order valence-electron chi connectivity index (χ0n) is 11.9. The summed E-state index contributed by atoms with van der Waals surface area (Å²) in [5, 5.41) is 27.5. The van der Waals surface area contributed by atoms with Gasteiger partial charge < -0.3 is 15.3 Å². The first-order chi connectivity index (χ1) is 9.75. The highest BCUT2D eigenvalue weighted by Crippen LogP contribution is 2.27. The van der Waals surface area contributed by atoms with E-state index in [1.807, 2.05) is 0 Å². The van der Waals surface area contributed by atoms with Crippen LogP contribution in [0, 0.1) is 6.92 Å². The third kappa shape index (κ3) is 3.72. The lowest BCUT2D eigenvalue weighted by Crippen LogP contribution is -2.34. The van der Waals surface area contributed by atoms with Gasteiger partial charge in [-0.1, -0.05) is 6.92 Å². The second-order valence-electron chi connectivity index (χ2n) is 4.57. The van der Waals surface area contributed by atoms with E-state index in [-0.39, 0.29) is 30.2 Å². The first kappa shape index (κ1) is 17.4. The molecule has 0 radical (unpaired) electrons. The van der Waals surface area contributed by atoms with Gasteiger partial charge in [0.05, 0.1) is 11.5 Å². The van der Waals surface area contributed by atoms with Gasteiger partial charge >= 0.3 is 5.97 Å². The van der Waals surface area contributed by atoms with Crippen molar-refractivity contribution in [2.45, 2.75) is 25.2 Å². The fourth-order valence-electron chi connectivity index (χ4n) is 1.97. The van der Waals surface area contributed by atoms with Crippen molar-refractivity contribution in [1.82, 2.24) is 4.31 Å². The molecule has 0 amide bonds. The summed E-state index contributed by atoms with van der Waals surface area (Å²) in [6, 6.07) is 2.06.